The lowest BCUT2D eigenvalue weighted by atomic mass is 10.1. The molecule has 2 rings (SSSR count). The molecule has 1 aromatic carbocycles. The third-order valence-corrected chi connectivity index (χ3v) is 3.80. The molecule has 6 nitrogen and oxygen atoms in total. The number of nitro groups is 1. The summed E-state index contributed by atoms with van der Waals surface area (Å²) in [7, 11) is 1.95. The standard InChI is InChI=1S/C17H21N3O3/c1-3-4-12-19(13-16-6-5-11-18(16)2)17(21)14-7-9-15(10-8-14)20(22)23/h5-11H,3-4,12-13H2,1-2H3. The molecule has 0 aliphatic rings. The minimum atomic E-state index is -0.465. The third-order valence-electron chi connectivity index (χ3n) is 3.80. The van der Waals surface area contributed by atoms with Crippen LogP contribution in [-0.4, -0.2) is 26.8 Å². The van der Waals surface area contributed by atoms with Gasteiger partial charge in [-0.15, -0.1) is 0 Å². The van der Waals surface area contributed by atoms with Gasteiger partial charge in [0.15, 0.2) is 0 Å². The van der Waals surface area contributed by atoms with Crippen LogP contribution in [0.5, 0.6) is 0 Å². The van der Waals surface area contributed by atoms with Crippen molar-refractivity contribution < 1.29 is 9.72 Å². The van der Waals surface area contributed by atoms with Crippen LogP contribution in [0.4, 0.5) is 5.69 Å². The molecule has 1 heterocycles. The van der Waals surface area contributed by atoms with Gasteiger partial charge < -0.3 is 9.47 Å². The number of benzene rings is 1. The smallest absolute Gasteiger partial charge is 0.269 e. The van der Waals surface area contributed by atoms with Crippen molar-refractivity contribution in [2.45, 2.75) is 26.3 Å². The molecule has 2 aromatic rings. The molecule has 1 aromatic heterocycles. The van der Waals surface area contributed by atoms with Gasteiger partial charge in [0.25, 0.3) is 11.6 Å². The summed E-state index contributed by atoms with van der Waals surface area (Å²) in [6, 6.07) is 9.71. The first-order valence-electron chi connectivity index (χ1n) is 7.67. The third kappa shape index (κ3) is 4.18. The van der Waals surface area contributed by atoms with E-state index in [-0.39, 0.29) is 11.6 Å². The fourth-order valence-corrected chi connectivity index (χ4v) is 2.37. The first-order chi connectivity index (χ1) is 11.0. The Morgan fingerprint density at radius 1 is 1.26 bits per heavy atom. The number of nitro benzene ring substituents is 1. The summed E-state index contributed by atoms with van der Waals surface area (Å²) in [6.07, 6.45) is 3.87. The van der Waals surface area contributed by atoms with Crippen LogP contribution in [0.3, 0.4) is 0 Å². The Labute approximate surface area is 135 Å². The molecule has 0 N–H and O–H groups in total. The lowest BCUT2D eigenvalue weighted by Crippen LogP contribution is -2.32. The number of rotatable bonds is 7. The molecule has 1 amide bonds. The summed E-state index contributed by atoms with van der Waals surface area (Å²) in [5.41, 5.74) is 1.52. The second-order valence-corrected chi connectivity index (χ2v) is 5.49. The van der Waals surface area contributed by atoms with Gasteiger partial charge in [-0.25, -0.2) is 0 Å². The molecular formula is C17H21N3O3. The minimum absolute atomic E-state index is 0.0101. The van der Waals surface area contributed by atoms with Crippen molar-refractivity contribution in [2.75, 3.05) is 6.54 Å². The van der Waals surface area contributed by atoms with Crippen LogP contribution in [0.2, 0.25) is 0 Å². The summed E-state index contributed by atoms with van der Waals surface area (Å²) in [6.45, 7) is 3.27. The highest BCUT2D eigenvalue weighted by atomic mass is 16.6. The number of amides is 1. The van der Waals surface area contributed by atoms with E-state index in [1.54, 1.807) is 4.90 Å². The van der Waals surface area contributed by atoms with E-state index >= 15 is 0 Å². The predicted octanol–water partition coefficient (Wildman–Crippen LogP) is 3.38. The van der Waals surface area contributed by atoms with Gasteiger partial charge in [0.1, 0.15) is 0 Å². The highest BCUT2D eigenvalue weighted by Gasteiger charge is 2.17. The largest absolute Gasteiger partial charge is 0.353 e. The molecule has 0 spiro atoms. The van der Waals surface area contributed by atoms with E-state index in [0.29, 0.717) is 18.7 Å². The van der Waals surface area contributed by atoms with E-state index in [1.807, 2.05) is 29.9 Å². The van der Waals surface area contributed by atoms with Crippen molar-refractivity contribution >= 4 is 11.6 Å². The van der Waals surface area contributed by atoms with Crippen LogP contribution in [0, 0.1) is 10.1 Å². The molecule has 0 saturated heterocycles. The number of aromatic nitrogens is 1. The molecule has 0 aliphatic heterocycles. The maximum absolute atomic E-state index is 12.7. The summed E-state index contributed by atoms with van der Waals surface area (Å²) < 4.78 is 1.99. The van der Waals surface area contributed by atoms with Crippen molar-refractivity contribution in [2.24, 2.45) is 7.05 Å². The Bertz CT molecular complexity index is 677. The maximum Gasteiger partial charge on any atom is 0.269 e. The Balaban J connectivity index is 2.18. The molecule has 6 heteroatoms. The number of carbonyl (C=O) groups excluding carboxylic acids is 1. The van der Waals surface area contributed by atoms with E-state index in [4.69, 9.17) is 0 Å². The van der Waals surface area contributed by atoms with E-state index in [0.717, 1.165) is 18.5 Å². The number of carbonyl (C=O) groups is 1. The van der Waals surface area contributed by atoms with E-state index in [9.17, 15) is 14.9 Å². The van der Waals surface area contributed by atoms with Crippen LogP contribution in [0.15, 0.2) is 42.6 Å². The Morgan fingerprint density at radius 2 is 1.96 bits per heavy atom. The van der Waals surface area contributed by atoms with Crippen molar-refractivity contribution in [3.8, 4) is 0 Å². The fraction of sp³-hybridized carbons (Fsp3) is 0.353. The zero-order valence-corrected chi connectivity index (χ0v) is 13.4. The molecule has 0 radical (unpaired) electrons. The van der Waals surface area contributed by atoms with Gasteiger partial charge in [0.2, 0.25) is 0 Å². The van der Waals surface area contributed by atoms with Crippen LogP contribution >= 0.6 is 0 Å². The van der Waals surface area contributed by atoms with Crippen LogP contribution < -0.4 is 0 Å². The van der Waals surface area contributed by atoms with E-state index in [1.165, 1.54) is 24.3 Å². The highest BCUT2D eigenvalue weighted by Crippen LogP contribution is 2.16. The molecule has 23 heavy (non-hydrogen) atoms. The first kappa shape index (κ1) is 16.7. The number of non-ortho nitro benzene ring substituents is 1. The molecule has 0 bridgehead atoms. The summed E-state index contributed by atoms with van der Waals surface area (Å²) in [5.74, 6) is -0.102. The normalized spacial score (nSPS) is 10.5. The maximum atomic E-state index is 12.7. The molecule has 0 aliphatic carbocycles. The Hall–Kier alpha value is -2.63. The second kappa shape index (κ2) is 7.58. The number of unbranched alkanes of at least 4 members (excludes halogenated alkanes) is 1. The quantitative estimate of drug-likeness (QED) is 0.581. The molecule has 122 valence electrons. The van der Waals surface area contributed by atoms with Gasteiger partial charge in [-0.3, -0.25) is 14.9 Å². The SMILES string of the molecule is CCCCN(Cc1cccn1C)C(=O)c1ccc([N+](=O)[O-])cc1. The zero-order valence-electron chi connectivity index (χ0n) is 13.4. The van der Waals surface area contributed by atoms with E-state index < -0.39 is 4.92 Å². The number of hydrogen-bond donors (Lipinski definition) is 0. The van der Waals surface area contributed by atoms with Gasteiger partial charge >= 0.3 is 0 Å². The van der Waals surface area contributed by atoms with Crippen molar-refractivity contribution in [3.05, 3.63) is 64.0 Å². The predicted molar refractivity (Wildman–Crippen MR) is 88.2 cm³/mol. The van der Waals surface area contributed by atoms with Gasteiger partial charge in [-0.2, -0.15) is 0 Å². The minimum Gasteiger partial charge on any atom is -0.353 e. The molecular weight excluding hydrogens is 294 g/mol. The van der Waals surface area contributed by atoms with Crippen LogP contribution in [-0.2, 0) is 13.6 Å². The van der Waals surface area contributed by atoms with Gasteiger partial charge in [0, 0.05) is 43.2 Å². The lowest BCUT2D eigenvalue weighted by molar-refractivity contribution is -0.384. The monoisotopic (exact) mass is 315 g/mol. The second-order valence-electron chi connectivity index (χ2n) is 5.49. The highest BCUT2D eigenvalue weighted by molar-refractivity contribution is 5.94. The molecule has 0 atom stereocenters. The number of hydrogen-bond acceptors (Lipinski definition) is 3. The van der Waals surface area contributed by atoms with Crippen molar-refractivity contribution in [3.63, 3.8) is 0 Å². The topological polar surface area (TPSA) is 68.4 Å². The first-order valence-corrected chi connectivity index (χ1v) is 7.67. The lowest BCUT2D eigenvalue weighted by Gasteiger charge is -2.23. The molecule has 0 saturated carbocycles. The zero-order chi connectivity index (χ0) is 16.8. The number of aryl methyl sites for hydroxylation is 1. The van der Waals surface area contributed by atoms with Crippen molar-refractivity contribution in [1.29, 1.82) is 0 Å². The van der Waals surface area contributed by atoms with E-state index in [2.05, 4.69) is 6.92 Å². The average molecular weight is 315 g/mol. The van der Waals surface area contributed by atoms with Gasteiger partial charge in [-0.05, 0) is 30.7 Å². The molecule has 0 fully saturated rings. The summed E-state index contributed by atoms with van der Waals surface area (Å²) in [4.78, 5) is 24.8. The van der Waals surface area contributed by atoms with Gasteiger partial charge in [-0.1, -0.05) is 13.3 Å². The average Bonchev–Trinajstić information content (AvgIpc) is 2.95. The fourth-order valence-electron chi connectivity index (χ4n) is 2.37. The van der Waals surface area contributed by atoms with Crippen LogP contribution in [0.25, 0.3) is 0 Å². The Kier molecular flexibility index (Phi) is 5.51. The molecule has 0 unspecified atom stereocenters. The number of nitrogens with zero attached hydrogens (tertiary/aromatic N) is 3. The Morgan fingerprint density at radius 3 is 2.48 bits per heavy atom. The van der Waals surface area contributed by atoms with Gasteiger partial charge in [0.05, 0.1) is 11.5 Å². The summed E-state index contributed by atoms with van der Waals surface area (Å²) >= 11 is 0. The summed E-state index contributed by atoms with van der Waals surface area (Å²) in [5, 5.41) is 10.7. The van der Waals surface area contributed by atoms with Crippen LogP contribution in [0.1, 0.15) is 35.8 Å². The van der Waals surface area contributed by atoms with Crippen molar-refractivity contribution in [1.82, 2.24) is 9.47 Å².